The van der Waals surface area contributed by atoms with E-state index in [4.69, 9.17) is 10.5 Å². The van der Waals surface area contributed by atoms with Crippen LogP contribution in [0.15, 0.2) is 48.5 Å². The number of anilines is 1. The van der Waals surface area contributed by atoms with Crippen molar-refractivity contribution in [3.8, 4) is 5.75 Å². The number of nitrogens with two attached hydrogens (primary N) is 1. The smallest absolute Gasteiger partial charge is 0.408 e. The monoisotopic (exact) mass is 711 g/mol. The maximum atomic E-state index is 14.2. The fourth-order valence-corrected chi connectivity index (χ4v) is 5.41. The van der Waals surface area contributed by atoms with Crippen LogP contribution in [-0.4, -0.2) is 70.3 Å². The summed E-state index contributed by atoms with van der Waals surface area (Å²) in [6, 6.07) is 10.1. The van der Waals surface area contributed by atoms with Crippen LogP contribution >= 0.6 is 0 Å². The van der Waals surface area contributed by atoms with E-state index in [-0.39, 0.29) is 30.4 Å². The van der Waals surface area contributed by atoms with Gasteiger partial charge in [0.1, 0.15) is 29.5 Å². The lowest BCUT2D eigenvalue weighted by atomic mass is 9.89. The lowest BCUT2D eigenvalue weighted by Gasteiger charge is -2.28. The Morgan fingerprint density at radius 1 is 0.863 bits per heavy atom. The summed E-state index contributed by atoms with van der Waals surface area (Å²) >= 11 is 0. The van der Waals surface area contributed by atoms with E-state index in [1.54, 1.807) is 57.2 Å². The summed E-state index contributed by atoms with van der Waals surface area (Å²) in [7, 11) is 0. The van der Waals surface area contributed by atoms with Crippen LogP contribution in [0.4, 0.5) is 10.5 Å². The third-order valence-electron chi connectivity index (χ3n) is 8.32. The largest absolute Gasteiger partial charge is 0.508 e. The maximum absolute atomic E-state index is 14.2. The number of carbonyl (C=O) groups excluding carboxylic acids is 4. The molecule has 5 atom stereocenters. The van der Waals surface area contributed by atoms with E-state index in [9.17, 15) is 34.2 Å². The quantitative estimate of drug-likeness (QED) is 0.0995. The molecule has 0 aliphatic rings. The standard InChI is InChI=1S/C38H57N5O8/c1-8-24(4)32(35(47)41-31(36(48)49)20-23(2)3)43-33(45)29(21-25-15-17-28(44)18-16-25)26-12-11-13-27(22-26)40-34(46)30(14-9-10-19-39)42-37(50)51-38(5,6)7/h11-13,15-18,22-24,29-32,44H,8-10,14,19-21,39H2,1-7H3,(H,40,46)(H,41,47)(H,42,50)(H,43,45)(H,48,49)/t24-,29+,30-,31-,32-/m0/s1. The number of carboxylic acids is 1. The second-order valence-corrected chi connectivity index (χ2v) is 14.4. The van der Waals surface area contributed by atoms with Crippen molar-refractivity contribution in [2.24, 2.45) is 17.6 Å². The molecule has 0 saturated carbocycles. The Labute approximate surface area is 301 Å². The number of ether oxygens (including phenoxy) is 1. The highest BCUT2D eigenvalue weighted by Crippen LogP contribution is 2.26. The summed E-state index contributed by atoms with van der Waals surface area (Å²) in [5.41, 5.74) is 6.53. The highest BCUT2D eigenvalue weighted by molar-refractivity contribution is 5.97. The SMILES string of the molecule is CC[C@H](C)[C@H](NC(=O)[C@H](Cc1ccc(O)cc1)c1cccc(NC(=O)[C@H](CCCCN)NC(=O)OC(C)(C)C)c1)C(=O)N[C@@H](CC(C)C)C(=O)O. The molecule has 8 N–H and O–H groups in total. The Kier molecular flexibility index (Phi) is 16.9. The number of hydrogen-bond acceptors (Lipinski definition) is 8. The highest BCUT2D eigenvalue weighted by Gasteiger charge is 2.33. The minimum Gasteiger partial charge on any atom is -0.508 e. The average Bonchev–Trinajstić information content (AvgIpc) is 3.04. The molecule has 0 unspecified atom stereocenters. The van der Waals surface area contributed by atoms with E-state index in [2.05, 4.69) is 21.3 Å². The van der Waals surface area contributed by atoms with Gasteiger partial charge >= 0.3 is 12.1 Å². The van der Waals surface area contributed by atoms with Crippen molar-refractivity contribution in [3.63, 3.8) is 0 Å². The summed E-state index contributed by atoms with van der Waals surface area (Å²) in [4.78, 5) is 65.6. The van der Waals surface area contributed by atoms with Crippen LogP contribution in [0.5, 0.6) is 5.75 Å². The molecule has 0 aliphatic heterocycles. The molecular formula is C38H57N5O8. The predicted octanol–water partition coefficient (Wildman–Crippen LogP) is 4.83. The fourth-order valence-electron chi connectivity index (χ4n) is 5.41. The van der Waals surface area contributed by atoms with E-state index in [0.717, 1.165) is 5.56 Å². The van der Waals surface area contributed by atoms with E-state index < -0.39 is 59.4 Å². The number of phenolic OH excluding ortho intramolecular Hbond substituents is 1. The van der Waals surface area contributed by atoms with Crippen LogP contribution in [0.2, 0.25) is 0 Å². The molecule has 0 aromatic heterocycles. The molecule has 0 heterocycles. The zero-order valence-corrected chi connectivity index (χ0v) is 31.0. The van der Waals surface area contributed by atoms with Crippen LogP contribution < -0.4 is 27.0 Å². The first kappa shape index (κ1) is 42.5. The number of rotatable bonds is 19. The molecule has 4 amide bonds. The van der Waals surface area contributed by atoms with Gasteiger partial charge in [0.05, 0.1) is 5.92 Å². The van der Waals surface area contributed by atoms with E-state index >= 15 is 0 Å². The Morgan fingerprint density at radius 2 is 1.53 bits per heavy atom. The molecule has 0 aliphatic carbocycles. The second kappa shape index (κ2) is 20.3. The van der Waals surface area contributed by atoms with Gasteiger partial charge in [-0.1, -0.05) is 58.4 Å². The molecule has 2 aromatic carbocycles. The van der Waals surface area contributed by atoms with Gasteiger partial charge in [0.25, 0.3) is 0 Å². The molecule has 282 valence electrons. The van der Waals surface area contributed by atoms with Crippen LogP contribution in [0.1, 0.15) is 97.6 Å². The third-order valence-corrected chi connectivity index (χ3v) is 8.32. The average molecular weight is 712 g/mol. The number of hydrogen-bond donors (Lipinski definition) is 7. The number of unbranched alkanes of at least 4 members (excludes halogenated alkanes) is 1. The molecule has 0 fully saturated rings. The molecule has 2 rings (SSSR count). The number of carboxylic acid groups (broad SMARTS) is 1. The van der Waals surface area contributed by atoms with Crippen molar-refractivity contribution in [2.45, 2.75) is 117 Å². The number of aliphatic carboxylic acids is 1. The normalized spacial score (nSPS) is 14.4. The molecule has 51 heavy (non-hydrogen) atoms. The van der Waals surface area contributed by atoms with Crippen LogP contribution in [0, 0.1) is 11.8 Å². The van der Waals surface area contributed by atoms with Crippen molar-refractivity contribution >= 4 is 35.5 Å². The third kappa shape index (κ3) is 15.0. The van der Waals surface area contributed by atoms with Crippen molar-refractivity contribution in [1.82, 2.24) is 16.0 Å². The van der Waals surface area contributed by atoms with E-state index in [0.29, 0.717) is 43.5 Å². The lowest BCUT2D eigenvalue weighted by Crippen LogP contribution is -2.55. The van der Waals surface area contributed by atoms with Gasteiger partial charge in [-0.25, -0.2) is 9.59 Å². The zero-order valence-electron chi connectivity index (χ0n) is 31.0. The fraction of sp³-hybridized carbons (Fsp3) is 0.553. The Morgan fingerprint density at radius 3 is 2.10 bits per heavy atom. The van der Waals surface area contributed by atoms with Crippen LogP contribution in [-0.2, 0) is 30.3 Å². The van der Waals surface area contributed by atoms with Gasteiger partial charge in [-0.05, 0) is 107 Å². The maximum Gasteiger partial charge on any atom is 0.408 e. The Hall–Kier alpha value is -4.65. The first-order valence-corrected chi connectivity index (χ1v) is 17.7. The molecule has 0 bridgehead atoms. The van der Waals surface area contributed by atoms with Gasteiger partial charge in [0, 0.05) is 5.69 Å². The zero-order chi connectivity index (χ0) is 38.3. The summed E-state index contributed by atoms with van der Waals surface area (Å²) < 4.78 is 5.37. The van der Waals surface area contributed by atoms with Gasteiger partial charge in [0.2, 0.25) is 17.7 Å². The number of alkyl carbamates (subject to hydrolysis) is 1. The van der Waals surface area contributed by atoms with Gasteiger partial charge in [-0.15, -0.1) is 0 Å². The first-order chi connectivity index (χ1) is 23.9. The molecule has 0 spiro atoms. The van der Waals surface area contributed by atoms with E-state index in [1.165, 1.54) is 12.1 Å². The summed E-state index contributed by atoms with van der Waals surface area (Å²) in [6.45, 7) is 13.0. The topological polar surface area (TPSA) is 209 Å². The molecule has 0 radical (unpaired) electrons. The van der Waals surface area contributed by atoms with E-state index in [1.807, 2.05) is 27.7 Å². The highest BCUT2D eigenvalue weighted by atomic mass is 16.6. The van der Waals surface area contributed by atoms with Gasteiger partial charge in [-0.3, -0.25) is 14.4 Å². The number of carbonyl (C=O) groups is 5. The first-order valence-electron chi connectivity index (χ1n) is 17.7. The number of nitrogens with one attached hydrogen (secondary N) is 4. The lowest BCUT2D eigenvalue weighted by molar-refractivity contribution is -0.143. The minimum atomic E-state index is -1.15. The van der Waals surface area contributed by atoms with Crippen LogP contribution in [0.3, 0.4) is 0 Å². The van der Waals surface area contributed by atoms with Crippen LogP contribution in [0.25, 0.3) is 0 Å². The van der Waals surface area contributed by atoms with Crippen molar-refractivity contribution in [2.75, 3.05) is 11.9 Å². The number of phenols is 1. The molecule has 13 nitrogen and oxygen atoms in total. The summed E-state index contributed by atoms with van der Waals surface area (Å²) in [5.74, 6) is -3.79. The van der Waals surface area contributed by atoms with Crippen molar-refractivity contribution in [1.29, 1.82) is 0 Å². The summed E-state index contributed by atoms with van der Waals surface area (Å²) in [6.07, 6.45) is 1.80. The number of amides is 4. The van der Waals surface area contributed by atoms with Crippen molar-refractivity contribution in [3.05, 3.63) is 59.7 Å². The van der Waals surface area contributed by atoms with Gasteiger partial charge in [-0.2, -0.15) is 0 Å². The Bertz CT molecular complexity index is 1460. The molecule has 0 saturated heterocycles. The molecule has 13 heteroatoms. The number of benzene rings is 2. The van der Waals surface area contributed by atoms with Gasteiger partial charge < -0.3 is 42.0 Å². The predicted molar refractivity (Wildman–Crippen MR) is 196 cm³/mol. The second-order valence-electron chi connectivity index (χ2n) is 14.4. The number of aromatic hydroxyl groups is 1. The minimum absolute atomic E-state index is 0.0137. The summed E-state index contributed by atoms with van der Waals surface area (Å²) in [5, 5.41) is 30.6. The van der Waals surface area contributed by atoms with Gasteiger partial charge in [0.15, 0.2) is 0 Å². The molecular weight excluding hydrogens is 654 g/mol. The van der Waals surface area contributed by atoms with Crippen molar-refractivity contribution < 1.29 is 38.9 Å². The Balaban J connectivity index is 2.43. The molecule has 2 aromatic rings.